The molecule has 0 bridgehead atoms. The van der Waals surface area contributed by atoms with Gasteiger partial charge in [-0.25, -0.2) is 0 Å². The molecule has 4 rings (SSSR count). The van der Waals surface area contributed by atoms with Crippen LogP contribution in [0.5, 0.6) is 0 Å². The molecule has 0 amide bonds. The molecule has 4 aromatic carbocycles. The van der Waals surface area contributed by atoms with Crippen LogP contribution in [0.1, 0.15) is 15.9 Å². The molecule has 1 atom stereocenters. The average molecular weight is 396 g/mol. The molecule has 0 radical (unpaired) electrons. The summed E-state index contributed by atoms with van der Waals surface area (Å²) in [6, 6.07) is 33.7. The fourth-order valence-electron chi connectivity index (χ4n) is 3.68. The third-order valence-corrected chi connectivity index (χ3v) is 8.14. The van der Waals surface area contributed by atoms with E-state index < -0.39 is 7.14 Å². The summed E-state index contributed by atoms with van der Waals surface area (Å²) in [6.07, 6.45) is 0. The smallest absolute Gasteiger partial charge is 0.230 e. The molecule has 2 nitrogen and oxygen atoms in total. The van der Waals surface area contributed by atoms with Gasteiger partial charge in [-0.2, -0.15) is 0 Å². The molecular weight excluding hydrogens is 375 g/mol. The Morgan fingerprint density at radius 3 is 1.83 bits per heavy atom. The van der Waals surface area contributed by atoms with Crippen molar-refractivity contribution in [3.63, 3.8) is 0 Å². The molecule has 0 saturated heterocycles. The Labute approximate surface area is 171 Å². The maximum absolute atomic E-state index is 14.8. The van der Waals surface area contributed by atoms with Gasteiger partial charge in [-0.15, -0.1) is 0 Å². The molecule has 0 aliphatic carbocycles. The third kappa shape index (κ3) is 3.48. The molecule has 142 valence electrons. The largest absolute Gasteiger partial charge is 0.305 e. The van der Waals surface area contributed by atoms with E-state index in [9.17, 15) is 9.36 Å². The minimum atomic E-state index is -3.62. The zero-order valence-electron chi connectivity index (χ0n) is 16.2. The molecular formula is C26H21O2P. The van der Waals surface area contributed by atoms with Crippen LogP contribution in [0.4, 0.5) is 0 Å². The van der Waals surface area contributed by atoms with Gasteiger partial charge in [0.05, 0.1) is 0 Å². The summed E-state index contributed by atoms with van der Waals surface area (Å²) in [7, 11) is -3.62. The second-order valence-corrected chi connectivity index (χ2v) is 9.54. The highest BCUT2D eigenvalue weighted by molar-refractivity contribution is 7.93. The Bertz CT molecular complexity index is 1180. The van der Waals surface area contributed by atoms with Gasteiger partial charge in [0.1, 0.15) is 0 Å². The van der Waals surface area contributed by atoms with Crippen LogP contribution in [0.15, 0.2) is 109 Å². The number of hydrogen-bond donors (Lipinski definition) is 0. The van der Waals surface area contributed by atoms with E-state index in [2.05, 4.69) is 0 Å². The maximum Gasteiger partial charge on any atom is 0.230 e. The van der Waals surface area contributed by atoms with Gasteiger partial charge in [-0.3, -0.25) is 4.79 Å². The Hall–Kier alpha value is -3.22. The summed E-state index contributed by atoms with van der Waals surface area (Å²) in [5.74, 6) is 0. The van der Waals surface area contributed by atoms with Crippen molar-refractivity contribution in [2.75, 3.05) is 0 Å². The lowest BCUT2D eigenvalue weighted by atomic mass is 10.0. The van der Waals surface area contributed by atoms with Gasteiger partial charge < -0.3 is 4.57 Å². The molecule has 29 heavy (non-hydrogen) atoms. The normalized spacial score (nSPS) is 12.9. The maximum atomic E-state index is 14.8. The minimum absolute atomic E-state index is 0.337. The van der Waals surface area contributed by atoms with E-state index in [-0.39, 0.29) is 5.52 Å². The highest BCUT2D eigenvalue weighted by Gasteiger charge is 2.39. The molecule has 3 heteroatoms. The van der Waals surface area contributed by atoms with Crippen LogP contribution in [0, 0.1) is 6.92 Å². The topological polar surface area (TPSA) is 34.1 Å². The number of aryl methyl sites for hydroxylation is 1. The number of carbonyl (C=O) groups is 1. The number of carbonyl (C=O) groups excluding carboxylic acids is 1. The molecule has 0 aromatic heterocycles. The molecule has 1 unspecified atom stereocenters. The van der Waals surface area contributed by atoms with E-state index >= 15 is 0 Å². The van der Waals surface area contributed by atoms with Crippen LogP contribution in [-0.2, 0) is 4.57 Å². The lowest BCUT2D eigenvalue weighted by Gasteiger charge is -2.23. The first-order chi connectivity index (χ1) is 14.1. The first-order valence-electron chi connectivity index (χ1n) is 9.53. The van der Waals surface area contributed by atoms with Crippen molar-refractivity contribution in [2.24, 2.45) is 0 Å². The summed E-state index contributed by atoms with van der Waals surface area (Å²) < 4.78 is 14.8. The lowest BCUT2D eigenvalue weighted by molar-refractivity contribution is 0.107. The predicted octanol–water partition coefficient (Wildman–Crippen LogP) is 5.82. The molecule has 0 spiro atoms. The van der Waals surface area contributed by atoms with Crippen molar-refractivity contribution >= 4 is 23.3 Å². The Balaban J connectivity index is 2.05. The third-order valence-electron chi connectivity index (χ3n) is 5.06. The Morgan fingerprint density at radius 1 is 0.655 bits per heavy atom. The number of benzene rings is 4. The van der Waals surface area contributed by atoms with E-state index in [1.54, 1.807) is 36.4 Å². The Morgan fingerprint density at radius 2 is 1.21 bits per heavy atom. The standard InChI is InChI=1S/C26H21O2P/c1-20-12-11-19-24(21-13-5-2-6-14-21)25(20)29(28,23-17-9-4-10-18-23)26(27)22-15-7-3-8-16-22/h2-19H,1H3. The van der Waals surface area contributed by atoms with Gasteiger partial charge in [0.2, 0.25) is 12.7 Å². The summed E-state index contributed by atoms with van der Waals surface area (Å²) in [4.78, 5) is 13.7. The molecule has 0 fully saturated rings. The summed E-state index contributed by atoms with van der Waals surface area (Å²) in [5.41, 5.74) is 2.76. The van der Waals surface area contributed by atoms with Gasteiger partial charge in [0, 0.05) is 16.2 Å². The first kappa shape index (κ1) is 19.1. The van der Waals surface area contributed by atoms with Crippen molar-refractivity contribution in [2.45, 2.75) is 6.92 Å². The number of rotatable bonds is 5. The molecule has 0 heterocycles. The Kier molecular flexibility index (Phi) is 5.29. The van der Waals surface area contributed by atoms with Crippen LogP contribution in [0.25, 0.3) is 11.1 Å². The minimum Gasteiger partial charge on any atom is -0.305 e. The van der Waals surface area contributed by atoms with Crippen molar-refractivity contribution in [1.29, 1.82) is 0 Å². The van der Waals surface area contributed by atoms with Crippen LogP contribution < -0.4 is 10.6 Å². The zero-order valence-corrected chi connectivity index (χ0v) is 17.1. The SMILES string of the molecule is Cc1cccc(-c2ccccc2)c1P(=O)(C(=O)c1ccccc1)c1ccccc1. The molecule has 4 aromatic rings. The van der Waals surface area contributed by atoms with E-state index in [1.807, 2.05) is 79.7 Å². The van der Waals surface area contributed by atoms with E-state index in [1.165, 1.54) is 0 Å². The second kappa shape index (κ2) is 8.03. The highest BCUT2D eigenvalue weighted by Crippen LogP contribution is 2.50. The predicted molar refractivity (Wildman–Crippen MR) is 121 cm³/mol. The van der Waals surface area contributed by atoms with Gasteiger partial charge in [-0.05, 0) is 23.6 Å². The first-order valence-corrected chi connectivity index (χ1v) is 11.2. The summed E-state index contributed by atoms with van der Waals surface area (Å²) in [6.45, 7) is 1.93. The number of hydrogen-bond acceptors (Lipinski definition) is 2. The van der Waals surface area contributed by atoms with Crippen LogP contribution >= 0.6 is 7.14 Å². The highest BCUT2D eigenvalue weighted by atomic mass is 31.2. The van der Waals surface area contributed by atoms with E-state index in [0.29, 0.717) is 16.2 Å². The van der Waals surface area contributed by atoms with Crippen molar-refractivity contribution < 1.29 is 9.36 Å². The molecule has 0 N–H and O–H groups in total. The van der Waals surface area contributed by atoms with Crippen molar-refractivity contribution in [1.82, 2.24) is 0 Å². The van der Waals surface area contributed by atoms with Crippen LogP contribution in [0.3, 0.4) is 0 Å². The van der Waals surface area contributed by atoms with E-state index in [0.717, 1.165) is 16.7 Å². The average Bonchev–Trinajstić information content (AvgIpc) is 2.79. The molecule has 0 saturated carbocycles. The van der Waals surface area contributed by atoms with Crippen LogP contribution in [0.2, 0.25) is 0 Å². The zero-order chi connectivity index (χ0) is 20.3. The summed E-state index contributed by atoms with van der Waals surface area (Å²) >= 11 is 0. The fourth-order valence-corrected chi connectivity index (χ4v) is 6.59. The van der Waals surface area contributed by atoms with E-state index in [4.69, 9.17) is 0 Å². The fraction of sp³-hybridized carbons (Fsp3) is 0.0385. The van der Waals surface area contributed by atoms with Gasteiger partial charge in [0.25, 0.3) is 0 Å². The molecule has 0 aliphatic heterocycles. The van der Waals surface area contributed by atoms with Gasteiger partial charge >= 0.3 is 0 Å². The van der Waals surface area contributed by atoms with Gasteiger partial charge in [0.15, 0.2) is 0 Å². The quantitative estimate of drug-likeness (QED) is 0.399. The second-order valence-electron chi connectivity index (χ2n) is 6.95. The van der Waals surface area contributed by atoms with Crippen molar-refractivity contribution in [3.8, 4) is 11.1 Å². The van der Waals surface area contributed by atoms with Gasteiger partial charge in [-0.1, -0.05) is 109 Å². The molecule has 0 aliphatic rings. The monoisotopic (exact) mass is 396 g/mol. The lowest BCUT2D eigenvalue weighted by Crippen LogP contribution is -2.26. The van der Waals surface area contributed by atoms with Crippen molar-refractivity contribution in [3.05, 3.63) is 120 Å². The summed E-state index contributed by atoms with van der Waals surface area (Å²) in [5, 5.41) is 1.17. The van der Waals surface area contributed by atoms with Crippen LogP contribution in [-0.4, -0.2) is 5.52 Å².